The molecule has 3 aliphatic carbocycles. The third-order valence-corrected chi connectivity index (χ3v) is 29.2. The van der Waals surface area contributed by atoms with Crippen LogP contribution in [0.5, 0.6) is 23.0 Å². The van der Waals surface area contributed by atoms with E-state index in [0.717, 1.165) is 185 Å². The summed E-state index contributed by atoms with van der Waals surface area (Å²) in [5, 5.41) is 46.4. The number of piperidine rings is 2. The molecule has 18 rings (SSSR count). The number of nitrogens with two attached hydrogens (primary N) is 1. The largest absolute Gasteiger partial charge is 0.478 e. The Kier molecular flexibility index (Phi) is 26.3. The van der Waals surface area contributed by atoms with Gasteiger partial charge in [-0.2, -0.15) is 0 Å². The van der Waals surface area contributed by atoms with Crippen LogP contribution in [0.2, 0.25) is 10.0 Å². The molecule has 0 radical (unpaired) electrons. The van der Waals surface area contributed by atoms with Crippen molar-refractivity contribution in [2.45, 2.75) is 131 Å². The molecule has 8 fully saturated rings. The molecule has 0 bridgehead atoms. The number of nitro benzene ring substituents is 2. The van der Waals surface area contributed by atoms with Gasteiger partial charge >= 0.3 is 5.97 Å². The lowest BCUT2D eigenvalue weighted by molar-refractivity contribution is -0.384. The number of ether oxygens (including phenoxy) is 4. The summed E-state index contributed by atoms with van der Waals surface area (Å²) in [6.07, 6.45) is 22.0. The average molecular weight is 1780 g/mol. The monoisotopic (exact) mass is 1780 g/mol. The second-order valence-corrected chi connectivity index (χ2v) is 38.3. The van der Waals surface area contributed by atoms with Gasteiger partial charge in [0.05, 0.1) is 48.1 Å². The standard InChI is InChI=1S/C47H50ClN5O8S.C34H34ClN3O4.C12H17N3O5S/c48-36-9-6-34(7-10-36)44-47(20-1-2-21-47)46(55)52(44)30-32-16-22-51(23-17-32)37-11-14-40(43(27-37)61-38-12-8-33-4-3-5-35(33)26-38)45(54)50-62(58,59)39-13-15-41(42(28-39)53(56)57)49-29-31-18-24-60-25-19-31;35-25-5-3-23(4-6-25)31-34(14-1-2-15-34)33(41)38(31)21-22-12-17-37(18-13-22)26-7-9-28(32(39)40)30(20-26)42-27-8-10-29-24(19-27)11-16-36-29;13-21(18,19)10-1-2-11(12(7-10)15(16)17)14-8-9-3-5-20-6-4-9/h3,5-15,26-28,31-32,44,49H,1-2,4,16-25,29-30H2,(H,50,54);3-11,16,19-20,22,31,36H,1-2,12-15,17-18,21H2,(H,39,40);1-2,7,9,14H,3-6,8H2,(H2,13,18,19). The van der Waals surface area contributed by atoms with Crippen LogP contribution in [-0.4, -0.2) is 149 Å². The minimum atomic E-state index is -4.55. The van der Waals surface area contributed by atoms with Crippen molar-refractivity contribution < 1.29 is 69.9 Å². The molecule has 6 aliphatic heterocycles. The fourth-order valence-corrected chi connectivity index (χ4v) is 21.4. The van der Waals surface area contributed by atoms with Gasteiger partial charge in [-0.05, 0) is 239 Å². The molecule has 2 atom stereocenters. The van der Waals surface area contributed by atoms with Crippen molar-refractivity contribution in [2.24, 2.45) is 39.6 Å². The van der Waals surface area contributed by atoms with Crippen molar-refractivity contribution >= 4 is 118 Å². The molecular formula is C93H101Cl2N11O17S2. The number of amides is 3. The molecule has 9 aliphatic rings. The van der Waals surface area contributed by atoms with E-state index in [4.69, 9.17) is 47.3 Å². The smallest absolute Gasteiger partial charge is 0.339 e. The number of benzene rings is 8. The van der Waals surface area contributed by atoms with E-state index in [1.54, 1.807) is 24.3 Å². The third-order valence-electron chi connectivity index (χ3n) is 26.5. The average Bonchev–Trinajstić information content (AvgIpc) is 1.67. The Balaban J connectivity index is 0.000000157. The van der Waals surface area contributed by atoms with Gasteiger partial charge < -0.3 is 59.3 Å². The van der Waals surface area contributed by atoms with Crippen molar-refractivity contribution in [3.63, 3.8) is 0 Å². The SMILES string of the molecule is NS(=O)(=O)c1ccc(NCC2CCOCC2)c([N+](=O)[O-])c1.O=C(NS(=O)(=O)c1ccc(NCC2CCOCC2)c([N+](=O)[O-])c1)c1ccc(N2CCC(CN3C(=O)C4(CCCC4)C3c3ccc(Cl)cc3)CC2)cc1Oc1ccc2c(c1)C=CC2.O=C(O)c1ccc(N2CCC(CN3C(=O)C4(CCCC4)C3c3ccc(Cl)cc3)CC2)cc1Oc1ccc2[nH]ccc2c1. The number of nitrogens with zero attached hydrogens (tertiary/aromatic N) is 6. The highest BCUT2D eigenvalue weighted by Crippen LogP contribution is 2.61. The molecule has 1 aromatic heterocycles. The Morgan fingerprint density at radius 2 is 1.02 bits per heavy atom. The number of β-lactam (4-membered cyclic amide) rings is 2. The van der Waals surface area contributed by atoms with Gasteiger partial charge in [0.2, 0.25) is 21.8 Å². The third kappa shape index (κ3) is 19.3. The zero-order chi connectivity index (χ0) is 87.3. The number of carbonyl (C=O) groups excluding carboxylic acids is 3. The molecule has 9 aromatic rings. The van der Waals surface area contributed by atoms with E-state index in [9.17, 15) is 61.3 Å². The summed E-state index contributed by atoms with van der Waals surface area (Å²) >= 11 is 12.4. The van der Waals surface area contributed by atoms with Crippen molar-refractivity contribution in [1.82, 2.24) is 19.5 Å². The van der Waals surface area contributed by atoms with Crippen LogP contribution in [0.25, 0.3) is 17.0 Å². The number of carboxylic acid groups (broad SMARTS) is 1. The minimum Gasteiger partial charge on any atom is -0.478 e. The van der Waals surface area contributed by atoms with Gasteiger partial charge in [-0.3, -0.25) is 34.6 Å². The molecule has 6 saturated heterocycles. The number of hydrogen-bond acceptors (Lipinski definition) is 20. The first-order chi connectivity index (χ1) is 60.3. The number of allylic oxidation sites excluding steroid dienone is 1. The Hall–Kier alpha value is -11.1. The number of nitrogens with one attached hydrogen (secondary N) is 4. The zero-order valence-corrected chi connectivity index (χ0v) is 72.2. The fraction of sp³-hybridized carbons (Fsp3) is 0.398. The number of halogens is 2. The summed E-state index contributed by atoms with van der Waals surface area (Å²) < 4.78 is 75.2. The second-order valence-electron chi connectivity index (χ2n) is 34.2. The first-order valence-corrected chi connectivity index (χ1v) is 46.7. The number of carboxylic acids is 1. The van der Waals surface area contributed by atoms with Gasteiger partial charge in [0.1, 0.15) is 39.9 Å². The number of aromatic amines is 1. The van der Waals surface area contributed by atoms with Crippen LogP contribution in [0.4, 0.5) is 34.1 Å². The molecule has 2 unspecified atom stereocenters. The number of anilines is 4. The number of nitro groups is 2. The van der Waals surface area contributed by atoms with Gasteiger partial charge in [-0.1, -0.05) is 91.4 Å². The maximum atomic E-state index is 13.9. The summed E-state index contributed by atoms with van der Waals surface area (Å²) in [7, 11) is -8.51. The predicted octanol–water partition coefficient (Wildman–Crippen LogP) is 17.7. The second kappa shape index (κ2) is 37.6. The molecule has 2 spiro atoms. The summed E-state index contributed by atoms with van der Waals surface area (Å²) in [6.45, 7) is 8.27. The summed E-state index contributed by atoms with van der Waals surface area (Å²) in [5.74, 6) is 1.59. The van der Waals surface area contributed by atoms with Crippen molar-refractivity contribution in [2.75, 3.05) is 99.2 Å². The van der Waals surface area contributed by atoms with Gasteiger partial charge in [-0.15, -0.1) is 0 Å². The number of H-pyrrole nitrogens is 1. The molecule has 125 heavy (non-hydrogen) atoms. The van der Waals surface area contributed by atoms with Crippen LogP contribution in [0, 0.1) is 54.7 Å². The lowest BCUT2D eigenvalue weighted by Gasteiger charge is -2.56. The van der Waals surface area contributed by atoms with E-state index in [0.29, 0.717) is 111 Å². The molecule has 7 heterocycles. The Bertz CT molecular complexity index is 5800. The predicted molar refractivity (Wildman–Crippen MR) is 477 cm³/mol. The number of aromatic carboxylic acids is 1. The normalized spacial score (nSPS) is 19.5. The summed E-state index contributed by atoms with van der Waals surface area (Å²) in [6, 6.07) is 47.1. The number of sulfonamides is 2. The van der Waals surface area contributed by atoms with Gasteiger partial charge in [-0.25, -0.2) is 31.5 Å². The highest BCUT2D eigenvalue weighted by atomic mass is 35.5. The van der Waals surface area contributed by atoms with E-state index in [2.05, 4.69) is 70.3 Å². The Morgan fingerprint density at radius 3 is 1.50 bits per heavy atom. The molecule has 3 amide bonds. The quantitative estimate of drug-likeness (QED) is 0.0176. The first-order valence-electron chi connectivity index (χ1n) is 42.9. The van der Waals surface area contributed by atoms with Crippen LogP contribution < -0.4 is 39.8 Å². The Labute approximate surface area is 735 Å². The van der Waals surface area contributed by atoms with E-state index >= 15 is 0 Å². The Morgan fingerprint density at radius 1 is 0.552 bits per heavy atom. The zero-order valence-electron chi connectivity index (χ0n) is 69.1. The lowest BCUT2D eigenvalue weighted by atomic mass is 9.66. The molecule has 2 saturated carbocycles. The number of aromatic nitrogens is 1. The van der Waals surface area contributed by atoms with E-state index in [-0.39, 0.29) is 67.9 Å². The number of rotatable bonds is 25. The maximum absolute atomic E-state index is 13.9. The van der Waals surface area contributed by atoms with E-state index < -0.39 is 52.4 Å². The molecule has 32 heteroatoms. The summed E-state index contributed by atoms with van der Waals surface area (Å²) in [5.41, 5.74) is 6.59. The number of carbonyl (C=O) groups is 4. The van der Waals surface area contributed by atoms with Crippen LogP contribution in [0.3, 0.4) is 0 Å². The molecule has 656 valence electrons. The first kappa shape index (κ1) is 87.4. The van der Waals surface area contributed by atoms with E-state index in [1.165, 1.54) is 29.8 Å². The van der Waals surface area contributed by atoms with Crippen molar-refractivity contribution in [1.29, 1.82) is 0 Å². The van der Waals surface area contributed by atoms with Crippen LogP contribution in [0.1, 0.15) is 158 Å². The number of primary sulfonamides is 1. The number of hydrogen-bond donors (Lipinski definition) is 6. The van der Waals surface area contributed by atoms with Crippen molar-refractivity contribution in [3.8, 4) is 23.0 Å². The number of fused-ring (bicyclic) bond motifs is 2. The fourth-order valence-electron chi connectivity index (χ4n) is 19.7. The molecule has 28 nitrogen and oxygen atoms in total. The summed E-state index contributed by atoms with van der Waals surface area (Å²) in [4.78, 5) is 86.3. The van der Waals surface area contributed by atoms with Crippen LogP contribution >= 0.6 is 23.2 Å². The topological polar surface area (TPSA) is 371 Å². The van der Waals surface area contributed by atoms with Crippen LogP contribution in [-0.2, 0) is 45.5 Å². The molecule has 7 N–H and O–H groups in total. The number of likely N-dealkylation sites (tertiary alicyclic amines) is 2. The van der Waals surface area contributed by atoms with Crippen LogP contribution in [0.15, 0.2) is 186 Å². The van der Waals surface area contributed by atoms with Gasteiger partial charge in [0, 0.05) is 142 Å². The highest BCUT2D eigenvalue weighted by Gasteiger charge is 2.63. The lowest BCUT2D eigenvalue weighted by Crippen LogP contribution is -2.63. The maximum Gasteiger partial charge on any atom is 0.339 e. The van der Waals surface area contributed by atoms with Gasteiger partial charge in [0.15, 0.2) is 0 Å². The molecular weight excluding hydrogens is 1680 g/mol. The van der Waals surface area contributed by atoms with Crippen molar-refractivity contribution in [3.05, 3.63) is 240 Å². The highest BCUT2D eigenvalue weighted by molar-refractivity contribution is 7.90. The van der Waals surface area contributed by atoms with Gasteiger partial charge in [0.25, 0.3) is 27.3 Å². The van der Waals surface area contributed by atoms with E-state index in [1.807, 2.05) is 91.1 Å². The minimum absolute atomic E-state index is 0.0159. The molecule has 8 aromatic carbocycles.